The molecule has 1 N–H and O–H groups in total. The van der Waals surface area contributed by atoms with Crippen LogP contribution in [-0.2, 0) is 6.42 Å². The Bertz CT molecular complexity index is 382. The number of piperidine rings is 1. The largest absolute Gasteiger partial charge is 0.312 e. The molecule has 22 heavy (non-hydrogen) atoms. The number of likely N-dealkylation sites (tertiary alicyclic amines) is 1. The molecule has 0 spiro atoms. The Morgan fingerprint density at radius 2 is 1.73 bits per heavy atom. The van der Waals surface area contributed by atoms with Crippen LogP contribution in [0.1, 0.15) is 51.5 Å². The highest BCUT2D eigenvalue weighted by atomic mass is 15.1. The van der Waals surface area contributed by atoms with Gasteiger partial charge in [-0.3, -0.25) is 0 Å². The van der Waals surface area contributed by atoms with E-state index in [1.54, 1.807) is 0 Å². The summed E-state index contributed by atoms with van der Waals surface area (Å²) in [5.41, 5.74) is 1.46. The smallest absolute Gasteiger partial charge is 0.0108 e. The Morgan fingerprint density at radius 3 is 2.41 bits per heavy atom. The van der Waals surface area contributed by atoms with Crippen molar-refractivity contribution in [2.75, 3.05) is 26.2 Å². The number of benzene rings is 1. The molecule has 1 aromatic carbocycles. The van der Waals surface area contributed by atoms with Crippen molar-refractivity contribution < 1.29 is 0 Å². The van der Waals surface area contributed by atoms with Crippen LogP contribution in [0, 0.1) is 5.92 Å². The van der Waals surface area contributed by atoms with Gasteiger partial charge < -0.3 is 10.2 Å². The van der Waals surface area contributed by atoms with Crippen molar-refractivity contribution in [1.29, 1.82) is 0 Å². The van der Waals surface area contributed by atoms with Gasteiger partial charge in [-0.1, -0.05) is 50.6 Å². The topological polar surface area (TPSA) is 15.3 Å². The zero-order valence-electron chi connectivity index (χ0n) is 14.6. The highest BCUT2D eigenvalue weighted by Gasteiger charge is 2.13. The van der Waals surface area contributed by atoms with Crippen LogP contribution in [0.5, 0.6) is 0 Å². The van der Waals surface area contributed by atoms with Crippen molar-refractivity contribution >= 4 is 0 Å². The fourth-order valence-electron chi connectivity index (χ4n) is 3.32. The summed E-state index contributed by atoms with van der Waals surface area (Å²) in [7, 11) is 0. The van der Waals surface area contributed by atoms with E-state index in [0.717, 1.165) is 18.9 Å². The first kappa shape index (κ1) is 17.5. The molecule has 1 unspecified atom stereocenters. The monoisotopic (exact) mass is 302 g/mol. The fraction of sp³-hybridized carbons (Fsp3) is 0.700. The summed E-state index contributed by atoms with van der Waals surface area (Å²) >= 11 is 0. The van der Waals surface area contributed by atoms with E-state index in [-0.39, 0.29) is 0 Å². The maximum atomic E-state index is 3.83. The third kappa shape index (κ3) is 6.93. The van der Waals surface area contributed by atoms with Crippen molar-refractivity contribution in [3.8, 4) is 0 Å². The van der Waals surface area contributed by atoms with E-state index in [1.807, 2.05) is 0 Å². The second kappa shape index (κ2) is 10.0. The number of hydrogen-bond acceptors (Lipinski definition) is 2. The Hall–Kier alpha value is -0.860. The van der Waals surface area contributed by atoms with E-state index in [0.29, 0.717) is 6.04 Å². The van der Waals surface area contributed by atoms with Crippen LogP contribution < -0.4 is 5.32 Å². The van der Waals surface area contributed by atoms with E-state index in [9.17, 15) is 0 Å². The minimum absolute atomic E-state index is 0.620. The van der Waals surface area contributed by atoms with Gasteiger partial charge in [0.2, 0.25) is 0 Å². The lowest BCUT2D eigenvalue weighted by molar-refractivity contribution is 0.225. The molecular weight excluding hydrogens is 268 g/mol. The fourth-order valence-corrected chi connectivity index (χ4v) is 3.32. The van der Waals surface area contributed by atoms with Gasteiger partial charge in [-0.25, -0.2) is 0 Å². The predicted octanol–water partition coefficient (Wildman–Crippen LogP) is 4.11. The van der Waals surface area contributed by atoms with Gasteiger partial charge in [0.05, 0.1) is 0 Å². The molecular formula is C20H34N2. The predicted molar refractivity (Wildman–Crippen MR) is 96.3 cm³/mol. The maximum Gasteiger partial charge on any atom is 0.0108 e. The second-order valence-corrected chi connectivity index (χ2v) is 7.21. The molecule has 2 heteroatoms. The van der Waals surface area contributed by atoms with Crippen molar-refractivity contribution in [3.63, 3.8) is 0 Å². The minimum Gasteiger partial charge on any atom is -0.312 e. The molecule has 2 nitrogen and oxygen atoms in total. The van der Waals surface area contributed by atoms with Gasteiger partial charge in [0.25, 0.3) is 0 Å². The van der Waals surface area contributed by atoms with E-state index in [1.165, 1.54) is 57.3 Å². The van der Waals surface area contributed by atoms with Gasteiger partial charge in [0.1, 0.15) is 0 Å². The first-order valence-corrected chi connectivity index (χ1v) is 9.23. The first-order valence-electron chi connectivity index (χ1n) is 9.23. The Kier molecular flexibility index (Phi) is 7.96. The lowest BCUT2D eigenvalue weighted by Gasteiger charge is -2.28. The average molecular weight is 303 g/mol. The van der Waals surface area contributed by atoms with Crippen LogP contribution >= 0.6 is 0 Å². The van der Waals surface area contributed by atoms with Gasteiger partial charge in [-0.05, 0) is 56.7 Å². The molecule has 1 saturated heterocycles. The molecule has 0 bridgehead atoms. The van der Waals surface area contributed by atoms with Crippen LogP contribution in [0.4, 0.5) is 0 Å². The molecule has 2 rings (SSSR count). The summed E-state index contributed by atoms with van der Waals surface area (Å²) in [6.45, 7) is 9.61. The second-order valence-electron chi connectivity index (χ2n) is 7.21. The van der Waals surface area contributed by atoms with Gasteiger partial charge in [-0.2, -0.15) is 0 Å². The lowest BCUT2D eigenvalue weighted by atomic mass is 9.98. The average Bonchev–Trinajstić information content (AvgIpc) is 2.54. The van der Waals surface area contributed by atoms with Crippen molar-refractivity contribution in [2.24, 2.45) is 5.92 Å². The standard InChI is InChI=1S/C20H34N2/c1-18(2)11-12-20(17-19-9-5-3-6-10-19)21-13-16-22-14-7-4-8-15-22/h3,5-6,9-10,18,20-21H,4,7-8,11-17H2,1-2H3. The molecule has 0 saturated carbocycles. The molecule has 1 aliphatic heterocycles. The van der Waals surface area contributed by atoms with Gasteiger partial charge >= 0.3 is 0 Å². The van der Waals surface area contributed by atoms with Crippen molar-refractivity contribution in [1.82, 2.24) is 10.2 Å². The van der Waals surface area contributed by atoms with Crippen molar-refractivity contribution in [3.05, 3.63) is 35.9 Å². The number of rotatable bonds is 9. The molecule has 1 fully saturated rings. The number of hydrogen-bond donors (Lipinski definition) is 1. The van der Waals surface area contributed by atoms with E-state index >= 15 is 0 Å². The number of nitrogens with zero attached hydrogens (tertiary/aromatic N) is 1. The summed E-state index contributed by atoms with van der Waals surface area (Å²) in [4.78, 5) is 2.62. The molecule has 0 amide bonds. The van der Waals surface area contributed by atoms with Crippen LogP contribution in [0.15, 0.2) is 30.3 Å². The Balaban J connectivity index is 1.76. The van der Waals surface area contributed by atoms with Crippen LogP contribution in [0.25, 0.3) is 0 Å². The third-order valence-corrected chi connectivity index (χ3v) is 4.73. The highest BCUT2D eigenvalue weighted by molar-refractivity contribution is 5.15. The highest BCUT2D eigenvalue weighted by Crippen LogP contribution is 2.12. The molecule has 0 radical (unpaired) electrons. The van der Waals surface area contributed by atoms with Crippen LogP contribution in [0.2, 0.25) is 0 Å². The molecule has 1 atom stereocenters. The molecule has 1 aliphatic rings. The Morgan fingerprint density at radius 1 is 1.00 bits per heavy atom. The molecule has 1 heterocycles. The van der Waals surface area contributed by atoms with Crippen LogP contribution in [0.3, 0.4) is 0 Å². The first-order chi connectivity index (χ1) is 10.7. The number of nitrogens with one attached hydrogen (secondary N) is 1. The third-order valence-electron chi connectivity index (χ3n) is 4.73. The molecule has 124 valence electrons. The molecule has 0 aromatic heterocycles. The van der Waals surface area contributed by atoms with Gasteiger partial charge in [-0.15, -0.1) is 0 Å². The van der Waals surface area contributed by atoms with Crippen LogP contribution in [-0.4, -0.2) is 37.1 Å². The lowest BCUT2D eigenvalue weighted by Crippen LogP contribution is -2.40. The SMILES string of the molecule is CC(C)CCC(Cc1ccccc1)NCCN1CCCCC1. The summed E-state index contributed by atoms with van der Waals surface area (Å²) < 4.78 is 0. The Labute approximate surface area is 137 Å². The normalized spacial score (nSPS) is 17.8. The van der Waals surface area contributed by atoms with Gasteiger partial charge in [0, 0.05) is 19.1 Å². The zero-order valence-corrected chi connectivity index (χ0v) is 14.6. The van der Waals surface area contributed by atoms with E-state index in [4.69, 9.17) is 0 Å². The quantitative estimate of drug-likeness (QED) is 0.738. The van der Waals surface area contributed by atoms with Crippen molar-refractivity contribution in [2.45, 2.75) is 58.4 Å². The summed E-state index contributed by atoms with van der Waals surface area (Å²) in [5.74, 6) is 0.794. The van der Waals surface area contributed by atoms with Gasteiger partial charge in [0.15, 0.2) is 0 Å². The van der Waals surface area contributed by atoms with E-state index < -0.39 is 0 Å². The zero-order chi connectivity index (χ0) is 15.6. The molecule has 0 aliphatic carbocycles. The summed E-state index contributed by atoms with van der Waals surface area (Å²) in [5, 5.41) is 3.83. The summed E-state index contributed by atoms with van der Waals surface area (Å²) in [6.07, 6.45) is 7.96. The maximum absolute atomic E-state index is 3.83. The summed E-state index contributed by atoms with van der Waals surface area (Å²) in [6, 6.07) is 11.6. The molecule has 1 aromatic rings. The van der Waals surface area contributed by atoms with E-state index in [2.05, 4.69) is 54.4 Å². The minimum atomic E-state index is 0.620.